The van der Waals surface area contributed by atoms with E-state index in [2.05, 4.69) is 0 Å². The predicted octanol–water partition coefficient (Wildman–Crippen LogP) is 1.88. The van der Waals surface area contributed by atoms with Gasteiger partial charge in [-0.15, -0.1) is 0 Å². The van der Waals surface area contributed by atoms with Crippen molar-refractivity contribution >= 4 is 11.8 Å². The summed E-state index contributed by atoms with van der Waals surface area (Å²) in [6, 6.07) is 12.9. The molecule has 0 spiro atoms. The summed E-state index contributed by atoms with van der Waals surface area (Å²) in [6.07, 6.45) is 0. The van der Waals surface area contributed by atoms with Crippen LogP contribution in [0.25, 0.3) is 0 Å². The fourth-order valence-corrected chi connectivity index (χ4v) is 2.88. The van der Waals surface area contributed by atoms with E-state index in [0.717, 1.165) is 5.56 Å². The first-order chi connectivity index (χ1) is 12.1. The Balaban J connectivity index is 1.61. The van der Waals surface area contributed by atoms with Gasteiger partial charge in [0.25, 0.3) is 11.8 Å². The number of hydrogen-bond acceptors (Lipinski definition) is 3. The van der Waals surface area contributed by atoms with Crippen molar-refractivity contribution in [3.63, 3.8) is 0 Å². The number of carbonyl (C=O) groups excluding carboxylic acids is 2. The zero-order valence-electron chi connectivity index (χ0n) is 13.8. The summed E-state index contributed by atoms with van der Waals surface area (Å²) in [5.41, 5.74) is 7.48. The molecular weight excluding hydrogens is 321 g/mol. The number of halogens is 1. The van der Waals surface area contributed by atoms with E-state index in [1.807, 2.05) is 12.1 Å². The number of benzene rings is 2. The molecule has 0 aliphatic carbocycles. The van der Waals surface area contributed by atoms with Crippen LogP contribution in [-0.4, -0.2) is 47.8 Å². The lowest BCUT2D eigenvalue weighted by Gasteiger charge is -2.35. The SMILES string of the molecule is NCc1ccc(C(=O)N2CCN(C(=O)c3cccc(F)c3)CC2)cc1. The maximum absolute atomic E-state index is 13.3. The first kappa shape index (κ1) is 17.1. The fourth-order valence-electron chi connectivity index (χ4n) is 2.88. The monoisotopic (exact) mass is 341 g/mol. The van der Waals surface area contributed by atoms with Gasteiger partial charge in [0.2, 0.25) is 0 Å². The van der Waals surface area contributed by atoms with E-state index >= 15 is 0 Å². The molecule has 1 saturated heterocycles. The highest BCUT2D eigenvalue weighted by Gasteiger charge is 2.25. The van der Waals surface area contributed by atoms with Gasteiger partial charge in [0, 0.05) is 43.9 Å². The van der Waals surface area contributed by atoms with Gasteiger partial charge in [-0.3, -0.25) is 9.59 Å². The van der Waals surface area contributed by atoms with Crippen LogP contribution in [0, 0.1) is 5.82 Å². The second-order valence-corrected chi connectivity index (χ2v) is 6.00. The topological polar surface area (TPSA) is 66.6 Å². The molecule has 2 amide bonds. The second-order valence-electron chi connectivity index (χ2n) is 6.00. The molecule has 3 rings (SSSR count). The molecule has 0 unspecified atom stereocenters. The van der Waals surface area contributed by atoms with E-state index in [1.54, 1.807) is 28.0 Å². The third kappa shape index (κ3) is 3.85. The van der Waals surface area contributed by atoms with Gasteiger partial charge in [-0.1, -0.05) is 18.2 Å². The van der Waals surface area contributed by atoms with Crippen LogP contribution in [0.5, 0.6) is 0 Å². The fraction of sp³-hybridized carbons (Fsp3) is 0.263. The summed E-state index contributed by atoms with van der Waals surface area (Å²) >= 11 is 0. The average molecular weight is 341 g/mol. The lowest BCUT2D eigenvalue weighted by Crippen LogP contribution is -2.50. The number of amides is 2. The van der Waals surface area contributed by atoms with Crippen molar-refractivity contribution in [3.8, 4) is 0 Å². The molecule has 2 aromatic rings. The van der Waals surface area contributed by atoms with Gasteiger partial charge >= 0.3 is 0 Å². The van der Waals surface area contributed by atoms with Crippen LogP contribution in [-0.2, 0) is 6.54 Å². The van der Waals surface area contributed by atoms with Gasteiger partial charge in [-0.2, -0.15) is 0 Å². The molecule has 0 atom stereocenters. The van der Waals surface area contributed by atoms with Crippen LogP contribution >= 0.6 is 0 Å². The summed E-state index contributed by atoms with van der Waals surface area (Å²) in [5.74, 6) is -0.694. The summed E-state index contributed by atoms with van der Waals surface area (Å²) in [6.45, 7) is 2.22. The standard InChI is InChI=1S/C19H20FN3O2/c20-17-3-1-2-16(12-17)19(25)23-10-8-22(9-11-23)18(24)15-6-4-14(13-21)5-7-15/h1-7,12H,8-11,13,21H2. The van der Waals surface area contributed by atoms with E-state index in [1.165, 1.54) is 18.2 Å². The Bertz CT molecular complexity index is 768. The zero-order chi connectivity index (χ0) is 17.8. The quantitative estimate of drug-likeness (QED) is 0.927. The summed E-state index contributed by atoms with van der Waals surface area (Å²) in [5, 5.41) is 0. The lowest BCUT2D eigenvalue weighted by atomic mass is 10.1. The molecule has 2 aromatic carbocycles. The normalized spacial score (nSPS) is 14.5. The van der Waals surface area contributed by atoms with Crippen molar-refractivity contribution in [3.05, 3.63) is 71.0 Å². The maximum Gasteiger partial charge on any atom is 0.254 e. The summed E-state index contributed by atoms with van der Waals surface area (Å²) in [7, 11) is 0. The molecule has 6 heteroatoms. The summed E-state index contributed by atoms with van der Waals surface area (Å²) < 4.78 is 13.3. The Hall–Kier alpha value is -2.73. The number of hydrogen-bond donors (Lipinski definition) is 1. The van der Waals surface area contributed by atoms with Crippen LogP contribution < -0.4 is 5.73 Å². The lowest BCUT2D eigenvalue weighted by molar-refractivity contribution is 0.0535. The van der Waals surface area contributed by atoms with Crippen molar-refractivity contribution in [2.75, 3.05) is 26.2 Å². The van der Waals surface area contributed by atoms with E-state index in [0.29, 0.717) is 43.9 Å². The Kier molecular flexibility index (Phi) is 5.09. The van der Waals surface area contributed by atoms with Crippen LogP contribution in [0.2, 0.25) is 0 Å². The smallest absolute Gasteiger partial charge is 0.254 e. The molecule has 1 fully saturated rings. The molecular formula is C19H20FN3O2. The Morgan fingerprint density at radius 2 is 1.44 bits per heavy atom. The van der Waals surface area contributed by atoms with E-state index in [4.69, 9.17) is 5.73 Å². The third-order valence-electron chi connectivity index (χ3n) is 4.36. The van der Waals surface area contributed by atoms with Gasteiger partial charge in [0.15, 0.2) is 0 Å². The van der Waals surface area contributed by atoms with Crippen molar-refractivity contribution in [1.82, 2.24) is 9.80 Å². The number of piperazine rings is 1. The average Bonchev–Trinajstić information content (AvgIpc) is 2.67. The highest BCUT2D eigenvalue weighted by Crippen LogP contribution is 2.13. The van der Waals surface area contributed by atoms with Gasteiger partial charge in [0.1, 0.15) is 5.82 Å². The largest absolute Gasteiger partial charge is 0.335 e. The zero-order valence-corrected chi connectivity index (χ0v) is 13.8. The Labute approximate surface area is 145 Å². The molecule has 0 saturated carbocycles. The van der Waals surface area contributed by atoms with Gasteiger partial charge < -0.3 is 15.5 Å². The van der Waals surface area contributed by atoms with Crippen molar-refractivity contribution in [1.29, 1.82) is 0 Å². The van der Waals surface area contributed by atoms with Crippen LogP contribution in [0.4, 0.5) is 4.39 Å². The molecule has 25 heavy (non-hydrogen) atoms. The first-order valence-electron chi connectivity index (χ1n) is 8.21. The maximum atomic E-state index is 13.3. The molecule has 5 nitrogen and oxygen atoms in total. The van der Waals surface area contributed by atoms with Gasteiger partial charge in [0.05, 0.1) is 0 Å². The van der Waals surface area contributed by atoms with E-state index in [9.17, 15) is 14.0 Å². The predicted molar refractivity (Wildman–Crippen MR) is 92.5 cm³/mol. The molecule has 2 N–H and O–H groups in total. The minimum Gasteiger partial charge on any atom is -0.335 e. The minimum atomic E-state index is -0.430. The van der Waals surface area contributed by atoms with Gasteiger partial charge in [-0.05, 0) is 35.9 Å². The van der Waals surface area contributed by atoms with Gasteiger partial charge in [-0.25, -0.2) is 4.39 Å². The van der Waals surface area contributed by atoms with Crippen LogP contribution in [0.3, 0.4) is 0 Å². The van der Waals surface area contributed by atoms with E-state index in [-0.39, 0.29) is 11.8 Å². The van der Waals surface area contributed by atoms with Crippen molar-refractivity contribution in [2.45, 2.75) is 6.54 Å². The number of nitrogens with zero attached hydrogens (tertiary/aromatic N) is 2. The molecule has 0 bridgehead atoms. The third-order valence-corrected chi connectivity index (χ3v) is 4.36. The molecule has 1 heterocycles. The van der Waals surface area contributed by atoms with E-state index < -0.39 is 5.82 Å². The van der Waals surface area contributed by atoms with Crippen LogP contribution in [0.15, 0.2) is 48.5 Å². The molecule has 0 aromatic heterocycles. The Morgan fingerprint density at radius 3 is 1.96 bits per heavy atom. The number of rotatable bonds is 3. The number of carbonyl (C=O) groups is 2. The highest BCUT2D eigenvalue weighted by molar-refractivity contribution is 5.96. The van der Waals surface area contributed by atoms with Crippen molar-refractivity contribution < 1.29 is 14.0 Å². The second kappa shape index (κ2) is 7.44. The Morgan fingerprint density at radius 1 is 0.880 bits per heavy atom. The first-order valence-corrected chi connectivity index (χ1v) is 8.21. The summed E-state index contributed by atoms with van der Waals surface area (Å²) in [4.78, 5) is 28.3. The molecule has 130 valence electrons. The number of nitrogens with two attached hydrogens (primary N) is 1. The highest BCUT2D eigenvalue weighted by atomic mass is 19.1. The van der Waals surface area contributed by atoms with Crippen molar-refractivity contribution in [2.24, 2.45) is 5.73 Å². The van der Waals surface area contributed by atoms with Crippen LogP contribution in [0.1, 0.15) is 26.3 Å². The molecule has 1 aliphatic rings. The minimum absolute atomic E-state index is 0.0542. The molecule has 1 aliphatic heterocycles. The molecule has 0 radical (unpaired) electrons.